The molecule has 2 heterocycles. The van der Waals surface area contributed by atoms with Crippen LogP contribution in [0.4, 0.5) is 21.7 Å². The first kappa shape index (κ1) is 21.9. The Morgan fingerprint density at radius 1 is 1.21 bits per heavy atom. The maximum absolute atomic E-state index is 13.6. The normalized spacial score (nSPS) is 14.2. The van der Waals surface area contributed by atoms with E-state index in [1.807, 2.05) is 6.07 Å². The molecule has 6 N–H and O–H groups in total. The molecule has 33 heavy (non-hydrogen) atoms. The number of rotatable bonds is 4. The van der Waals surface area contributed by atoms with Crippen molar-refractivity contribution in [3.05, 3.63) is 75.0 Å². The third-order valence-electron chi connectivity index (χ3n) is 4.93. The number of nitriles is 2. The van der Waals surface area contributed by atoms with Crippen LogP contribution in [0, 0.1) is 28.6 Å². The van der Waals surface area contributed by atoms with Gasteiger partial charge in [-0.2, -0.15) is 10.5 Å². The summed E-state index contributed by atoms with van der Waals surface area (Å²) in [7, 11) is 0. The molecule has 1 aliphatic heterocycles. The van der Waals surface area contributed by atoms with Crippen molar-refractivity contribution in [1.82, 2.24) is 10.3 Å². The van der Waals surface area contributed by atoms with Crippen molar-refractivity contribution < 1.29 is 9.13 Å². The van der Waals surface area contributed by atoms with E-state index in [0.29, 0.717) is 22.4 Å². The number of ether oxygens (including phenoxy) is 1. The molecule has 164 valence electrons. The zero-order chi connectivity index (χ0) is 23.5. The molecule has 1 unspecified atom stereocenters. The van der Waals surface area contributed by atoms with E-state index < -0.39 is 6.04 Å². The third-order valence-corrected chi connectivity index (χ3v) is 5.71. The summed E-state index contributed by atoms with van der Waals surface area (Å²) < 4.78 is 20.2. The molecule has 1 atom stereocenters. The number of hydrogen-bond donors (Lipinski definition) is 4. The second kappa shape index (κ2) is 9.02. The van der Waals surface area contributed by atoms with E-state index in [4.69, 9.17) is 21.5 Å². The van der Waals surface area contributed by atoms with Gasteiger partial charge in [0.25, 0.3) is 0 Å². The second-order valence-corrected chi connectivity index (χ2v) is 7.85. The molecule has 0 saturated heterocycles. The largest absolute Gasteiger partial charge is 0.489 e. The molecule has 0 amide bonds. The van der Waals surface area contributed by atoms with Gasteiger partial charge in [-0.15, -0.1) is 0 Å². The molecule has 1 aromatic heterocycles. The Balaban J connectivity index is 1.72. The smallest absolute Gasteiger partial charge is 0.211 e. The second-order valence-electron chi connectivity index (χ2n) is 7.00. The van der Waals surface area contributed by atoms with Gasteiger partial charge >= 0.3 is 0 Å². The summed E-state index contributed by atoms with van der Waals surface area (Å²) in [6.07, 6.45) is 1.81. The highest BCUT2D eigenvalue weighted by atomic mass is 79.9. The van der Waals surface area contributed by atoms with E-state index in [-0.39, 0.29) is 41.3 Å². The zero-order valence-electron chi connectivity index (χ0n) is 16.9. The molecular formula is C22H16BrFN8O. The van der Waals surface area contributed by atoms with Crippen LogP contribution >= 0.6 is 15.9 Å². The van der Waals surface area contributed by atoms with E-state index in [1.54, 1.807) is 36.5 Å². The van der Waals surface area contributed by atoms with Gasteiger partial charge in [0, 0.05) is 15.6 Å². The highest BCUT2D eigenvalue weighted by Crippen LogP contribution is 2.41. The summed E-state index contributed by atoms with van der Waals surface area (Å²) in [6, 6.07) is 12.7. The fourth-order valence-corrected chi connectivity index (χ4v) is 3.77. The number of aliphatic imine (C=N–C) groups is 1. The van der Waals surface area contributed by atoms with Crippen LogP contribution in [0.2, 0.25) is 0 Å². The molecular weight excluding hydrogens is 491 g/mol. The Morgan fingerprint density at radius 2 is 2.03 bits per heavy atom. The molecule has 1 aliphatic rings. The molecule has 9 nitrogen and oxygen atoms in total. The van der Waals surface area contributed by atoms with Crippen LogP contribution in [0.5, 0.6) is 5.75 Å². The lowest BCUT2D eigenvalue weighted by molar-refractivity contribution is 0.304. The number of nitrogens with two attached hydrogens (primary N) is 2. The SMILES string of the molecule is N#CNC1=NC(c2cccc(OCc3cc(F)ccc3Br)c2)c2c(nc(N)c(C#N)c2N)N1. The summed E-state index contributed by atoms with van der Waals surface area (Å²) in [5.74, 6) is 0.559. The van der Waals surface area contributed by atoms with Gasteiger partial charge in [-0.05, 0) is 35.9 Å². The van der Waals surface area contributed by atoms with Crippen molar-refractivity contribution >= 4 is 39.2 Å². The molecule has 0 bridgehead atoms. The Kier molecular flexibility index (Phi) is 5.98. The minimum Gasteiger partial charge on any atom is -0.489 e. The lowest BCUT2D eigenvalue weighted by Gasteiger charge is -2.26. The van der Waals surface area contributed by atoms with E-state index in [1.165, 1.54) is 12.1 Å². The Hall–Kier alpha value is -4.35. The number of nitrogen functional groups attached to an aromatic ring is 2. The number of nitrogens with one attached hydrogen (secondary N) is 2. The number of hydrogen-bond acceptors (Lipinski definition) is 9. The average molecular weight is 507 g/mol. The minimum absolute atomic E-state index is 0.0315. The van der Waals surface area contributed by atoms with Gasteiger partial charge in [-0.25, -0.2) is 14.4 Å². The number of benzene rings is 2. The van der Waals surface area contributed by atoms with Crippen LogP contribution in [0.1, 0.15) is 28.3 Å². The van der Waals surface area contributed by atoms with Crippen LogP contribution in [-0.4, -0.2) is 10.9 Å². The first-order valence-corrected chi connectivity index (χ1v) is 10.4. The topological polar surface area (TPSA) is 158 Å². The van der Waals surface area contributed by atoms with E-state index in [0.717, 1.165) is 4.47 Å². The first-order valence-electron chi connectivity index (χ1n) is 9.56. The van der Waals surface area contributed by atoms with Gasteiger partial charge in [-0.3, -0.25) is 5.32 Å². The van der Waals surface area contributed by atoms with Crippen LogP contribution < -0.4 is 26.8 Å². The lowest BCUT2D eigenvalue weighted by atomic mass is 9.95. The number of anilines is 3. The van der Waals surface area contributed by atoms with E-state index >= 15 is 0 Å². The highest BCUT2D eigenvalue weighted by Gasteiger charge is 2.29. The molecule has 0 spiro atoms. The predicted molar refractivity (Wildman–Crippen MR) is 124 cm³/mol. The fraction of sp³-hybridized carbons (Fsp3) is 0.0909. The number of nitrogens with zero attached hydrogens (tertiary/aromatic N) is 4. The molecule has 4 rings (SSSR count). The van der Waals surface area contributed by atoms with Crippen LogP contribution in [-0.2, 0) is 6.61 Å². The van der Waals surface area contributed by atoms with Crippen LogP contribution in [0.3, 0.4) is 0 Å². The van der Waals surface area contributed by atoms with Crippen molar-refractivity contribution in [2.75, 3.05) is 16.8 Å². The fourth-order valence-electron chi connectivity index (χ4n) is 3.41. The molecule has 11 heteroatoms. The van der Waals surface area contributed by atoms with Crippen molar-refractivity contribution in [2.24, 2.45) is 4.99 Å². The van der Waals surface area contributed by atoms with Gasteiger partial charge < -0.3 is 21.5 Å². The van der Waals surface area contributed by atoms with Gasteiger partial charge in [0.2, 0.25) is 5.96 Å². The Labute approximate surface area is 196 Å². The molecule has 0 saturated carbocycles. The third kappa shape index (κ3) is 4.35. The average Bonchev–Trinajstić information content (AvgIpc) is 2.79. The van der Waals surface area contributed by atoms with Crippen molar-refractivity contribution in [3.63, 3.8) is 0 Å². The van der Waals surface area contributed by atoms with Crippen LogP contribution in [0.15, 0.2) is 51.9 Å². The monoisotopic (exact) mass is 506 g/mol. The van der Waals surface area contributed by atoms with Crippen LogP contribution in [0.25, 0.3) is 0 Å². The maximum atomic E-state index is 13.6. The minimum atomic E-state index is -0.693. The van der Waals surface area contributed by atoms with Crippen molar-refractivity contribution in [2.45, 2.75) is 12.6 Å². The zero-order valence-corrected chi connectivity index (χ0v) is 18.5. The summed E-state index contributed by atoms with van der Waals surface area (Å²) in [4.78, 5) is 8.76. The summed E-state index contributed by atoms with van der Waals surface area (Å²) >= 11 is 3.39. The number of guanidine groups is 1. The molecule has 0 aliphatic carbocycles. The number of halogens is 2. The summed E-state index contributed by atoms with van der Waals surface area (Å²) in [5, 5.41) is 23.8. The maximum Gasteiger partial charge on any atom is 0.211 e. The summed E-state index contributed by atoms with van der Waals surface area (Å²) in [6.45, 7) is 0.133. The van der Waals surface area contributed by atoms with E-state index in [2.05, 4.69) is 36.5 Å². The van der Waals surface area contributed by atoms with Gasteiger partial charge in [0.15, 0.2) is 6.19 Å². The van der Waals surface area contributed by atoms with Gasteiger partial charge in [-0.1, -0.05) is 28.1 Å². The standard InChI is InChI=1S/C22H16BrFN8O/c23-16-5-4-13(24)6-12(16)9-33-14-3-1-2-11(7-14)19-17-18(27)15(8-25)20(28)31-21(17)32-22(30-19)29-10-26/h1-7,19H,9H2,(H6,27,28,29,30,31,32). The predicted octanol–water partition coefficient (Wildman–Crippen LogP) is 3.54. The van der Waals surface area contributed by atoms with E-state index in [9.17, 15) is 9.65 Å². The summed E-state index contributed by atoms with van der Waals surface area (Å²) in [5.41, 5.74) is 14.1. The number of fused-ring (bicyclic) bond motifs is 1. The highest BCUT2D eigenvalue weighted by molar-refractivity contribution is 9.10. The number of pyridine rings is 1. The lowest BCUT2D eigenvalue weighted by Crippen LogP contribution is -2.32. The molecule has 2 aromatic carbocycles. The van der Waals surface area contributed by atoms with Crippen molar-refractivity contribution in [1.29, 1.82) is 10.5 Å². The first-order chi connectivity index (χ1) is 15.9. The van der Waals surface area contributed by atoms with Gasteiger partial charge in [0.05, 0.1) is 5.69 Å². The van der Waals surface area contributed by atoms with Crippen molar-refractivity contribution in [3.8, 4) is 18.0 Å². The Morgan fingerprint density at radius 3 is 2.79 bits per heavy atom. The molecule has 0 radical (unpaired) electrons. The van der Waals surface area contributed by atoms with Gasteiger partial charge in [0.1, 0.15) is 47.5 Å². The molecule has 0 fully saturated rings. The Bertz CT molecular complexity index is 1360. The molecule has 3 aromatic rings. The number of aromatic nitrogens is 1. The quantitative estimate of drug-likeness (QED) is 0.308.